The molecule has 0 aliphatic rings. The van der Waals surface area contributed by atoms with Crippen LogP contribution in [0.2, 0.25) is 5.02 Å². The SMILES string of the molecule is O=c1oc2ccc(CCn3ccc4ccc(Cl)cc4c3=O)cc2o1. The summed E-state index contributed by atoms with van der Waals surface area (Å²) in [4.78, 5) is 23.6. The summed E-state index contributed by atoms with van der Waals surface area (Å²) in [6, 6.07) is 12.5. The molecule has 4 rings (SSSR count). The fourth-order valence-corrected chi connectivity index (χ4v) is 2.92. The summed E-state index contributed by atoms with van der Waals surface area (Å²) in [5, 5.41) is 2.00. The van der Waals surface area contributed by atoms with Crippen molar-refractivity contribution in [3.63, 3.8) is 0 Å². The first-order valence-corrected chi connectivity index (χ1v) is 7.79. The van der Waals surface area contributed by atoms with E-state index in [1.54, 1.807) is 35.0 Å². The molecule has 0 fully saturated rings. The fourth-order valence-electron chi connectivity index (χ4n) is 2.75. The van der Waals surface area contributed by atoms with Crippen molar-refractivity contribution in [1.82, 2.24) is 4.57 Å². The second-order valence-corrected chi connectivity index (χ2v) is 5.97. The topological polar surface area (TPSA) is 65.3 Å². The molecule has 0 atom stereocenters. The number of benzene rings is 2. The summed E-state index contributed by atoms with van der Waals surface area (Å²) < 4.78 is 11.5. The first kappa shape index (κ1) is 14.8. The van der Waals surface area contributed by atoms with E-state index in [1.165, 1.54) is 0 Å². The largest absolute Gasteiger partial charge is 0.519 e. The van der Waals surface area contributed by atoms with E-state index in [0.717, 1.165) is 10.9 Å². The normalized spacial score (nSPS) is 11.4. The molecule has 0 N–H and O–H groups in total. The average Bonchev–Trinajstić information content (AvgIpc) is 2.94. The van der Waals surface area contributed by atoms with Crippen LogP contribution in [0.25, 0.3) is 21.9 Å². The van der Waals surface area contributed by atoms with Gasteiger partial charge in [0.25, 0.3) is 5.56 Å². The number of halogens is 1. The monoisotopic (exact) mass is 341 g/mol. The van der Waals surface area contributed by atoms with Crippen LogP contribution < -0.4 is 11.4 Å². The van der Waals surface area contributed by atoms with E-state index in [2.05, 4.69) is 0 Å². The minimum Gasteiger partial charge on any atom is -0.391 e. The van der Waals surface area contributed by atoms with E-state index in [1.807, 2.05) is 18.2 Å². The zero-order valence-corrected chi connectivity index (χ0v) is 13.2. The predicted octanol–water partition coefficient (Wildman–Crippen LogP) is 3.60. The molecule has 0 amide bonds. The maximum absolute atomic E-state index is 12.5. The first-order chi connectivity index (χ1) is 11.6. The number of aryl methyl sites for hydroxylation is 2. The average molecular weight is 342 g/mol. The number of rotatable bonds is 3. The smallest absolute Gasteiger partial charge is 0.391 e. The van der Waals surface area contributed by atoms with Crippen LogP contribution in [0.3, 0.4) is 0 Å². The van der Waals surface area contributed by atoms with Gasteiger partial charge in [-0.05, 0) is 47.7 Å². The van der Waals surface area contributed by atoms with Crippen molar-refractivity contribution in [1.29, 1.82) is 0 Å². The molecule has 0 saturated heterocycles. The third-order valence-corrected chi connectivity index (χ3v) is 4.21. The third kappa shape index (κ3) is 2.63. The van der Waals surface area contributed by atoms with Crippen LogP contribution >= 0.6 is 11.6 Å². The van der Waals surface area contributed by atoms with Gasteiger partial charge < -0.3 is 13.4 Å². The van der Waals surface area contributed by atoms with Crippen LogP contribution in [-0.4, -0.2) is 4.57 Å². The second kappa shape index (κ2) is 5.69. The Kier molecular flexibility index (Phi) is 3.50. The molecule has 6 heteroatoms. The summed E-state index contributed by atoms with van der Waals surface area (Å²) in [6.07, 6.45) is 2.39. The van der Waals surface area contributed by atoms with Crippen LogP contribution in [0.1, 0.15) is 5.56 Å². The van der Waals surface area contributed by atoms with Gasteiger partial charge in [0.1, 0.15) is 0 Å². The van der Waals surface area contributed by atoms with Crippen LogP contribution in [0, 0.1) is 0 Å². The molecule has 5 nitrogen and oxygen atoms in total. The molecule has 2 aromatic carbocycles. The summed E-state index contributed by atoms with van der Waals surface area (Å²) in [5.41, 5.74) is 1.70. The predicted molar refractivity (Wildman–Crippen MR) is 91.7 cm³/mol. The molecular formula is C18H12ClNO4. The molecular weight excluding hydrogens is 330 g/mol. The number of pyridine rings is 1. The van der Waals surface area contributed by atoms with E-state index < -0.39 is 5.82 Å². The summed E-state index contributed by atoms with van der Waals surface area (Å²) >= 11 is 5.98. The quantitative estimate of drug-likeness (QED) is 0.571. The molecule has 2 aromatic heterocycles. The molecule has 0 bridgehead atoms. The maximum Gasteiger partial charge on any atom is 0.519 e. The van der Waals surface area contributed by atoms with E-state index >= 15 is 0 Å². The second-order valence-electron chi connectivity index (χ2n) is 5.53. The molecule has 4 aromatic rings. The molecule has 0 unspecified atom stereocenters. The Morgan fingerprint density at radius 2 is 1.79 bits per heavy atom. The van der Waals surface area contributed by atoms with Crippen molar-refractivity contribution in [3.05, 3.63) is 80.2 Å². The van der Waals surface area contributed by atoms with Gasteiger partial charge in [0.2, 0.25) is 0 Å². The summed E-state index contributed by atoms with van der Waals surface area (Å²) in [7, 11) is 0. The van der Waals surface area contributed by atoms with Crippen LogP contribution in [-0.2, 0) is 13.0 Å². The van der Waals surface area contributed by atoms with Gasteiger partial charge in [-0.25, -0.2) is 4.79 Å². The van der Waals surface area contributed by atoms with Crippen molar-refractivity contribution in [2.24, 2.45) is 0 Å². The number of hydrogen-bond donors (Lipinski definition) is 0. The van der Waals surface area contributed by atoms with Gasteiger partial charge in [-0.15, -0.1) is 0 Å². The Morgan fingerprint density at radius 1 is 0.958 bits per heavy atom. The van der Waals surface area contributed by atoms with Crippen LogP contribution in [0.5, 0.6) is 0 Å². The molecule has 0 saturated carbocycles. The summed E-state index contributed by atoms with van der Waals surface area (Å²) in [5.74, 6) is -0.718. The molecule has 0 spiro atoms. The Hall–Kier alpha value is -2.79. The Morgan fingerprint density at radius 3 is 2.67 bits per heavy atom. The van der Waals surface area contributed by atoms with Crippen molar-refractivity contribution in [2.75, 3.05) is 0 Å². The van der Waals surface area contributed by atoms with Crippen LogP contribution in [0.15, 0.2) is 67.1 Å². The van der Waals surface area contributed by atoms with Gasteiger partial charge in [0, 0.05) is 23.2 Å². The fraction of sp³-hybridized carbons (Fsp3) is 0.111. The zero-order valence-electron chi connectivity index (χ0n) is 12.5. The number of fused-ring (bicyclic) bond motifs is 2. The highest BCUT2D eigenvalue weighted by molar-refractivity contribution is 6.31. The van der Waals surface area contributed by atoms with Gasteiger partial charge in [-0.2, -0.15) is 0 Å². The Balaban J connectivity index is 1.64. The van der Waals surface area contributed by atoms with Gasteiger partial charge >= 0.3 is 5.82 Å². The third-order valence-electron chi connectivity index (χ3n) is 3.98. The number of aromatic nitrogens is 1. The van der Waals surface area contributed by atoms with E-state index in [4.69, 9.17) is 20.4 Å². The number of hydrogen-bond acceptors (Lipinski definition) is 4. The molecule has 0 aliphatic heterocycles. The van der Waals surface area contributed by atoms with Gasteiger partial charge in [-0.1, -0.05) is 23.7 Å². The minimum absolute atomic E-state index is 0.0779. The highest BCUT2D eigenvalue weighted by Crippen LogP contribution is 2.17. The van der Waals surface area contributed by atoms with Crippen molar-refractivity contribution < 1.29 is 8.83 Å². The molecule has 2 heterocycles. The molecule has 120 valence electrons. The van der Waals surface area contributed by atoms with Gasteiger partial charge in [-0.3, -0.25) is 4.79 Å². The van der Waals surface area contributed by atoms with Crippen molar-refractivity contribution >= 4 is 33.5 Å². The zero-order chi connectivity index (χ0) is 16.7. The van der Waals surface area contributed by atoms with Crippen molar-refractivity contribution in [2.45, 2.75) is 13.0 Å². The van der Waals surface area contributed by atoms with E-state index in [-0.39, 0.29) is 5.56 Å². The Bertz CT molecular complexity index is 1170. The standard InChI is InChI=1S/C18H12ClNO4/c19-13-3-2-12-6-8-20(17(21)14(12)10-13)7-5-11-1-4-15-16(9-11)24-18(22)23-15/h1-4,6,8-10H,5,7H2. The molecule has 0 radical (unpaired) electrons. The van der Waals surface area contributed by atoms with E-state index in [9.17, 15) is 9.59 Å². The van der Waals surface area contributed by atoms with Crippen LogP contribution in [0.4, 0.5) is 0 Å². The Labute approximate surface area is 140 Å². The molecule has 24 heavy (non-hydrogen) atoms. The van der Waals surface area contributed by atoms with Crippen molar-refractivity contribution in [3.8, 4) is 0 Å². The maximum atomic E-state index is 12.5. The lowest BCUT2D eigenvalue weighted by Gasteiger charge is -2.07. The lowest BCUT2D eigenvalue weighted by molar-refractivity contribution is 0.409. The number of nitrogens with zero attached hydrogens (tertiary/aromatic N) is 1. The highest BCUT2D eigenvalue weighted by atomic mass is 35.5. The molecule has 0 aliphatic carbocycles. The van der Waals surface area contributed by atoms with Gasteiger partial charge in [0.05, 0.1) is 0 Å². The lowest BCUT2D eigenvalue weighted by Crippen LogP contribution is -2.20. The lowest BCUT2D eigenvalue weighted by atomic mass is 10.1. The first-order valence-electron chi connectivity index (χ1n) is 7.41. The van der Waals surface area contributed by atoms with E-state index in [0.29, 0.717) is 34.5 Å². The minimum atomic E-state index is -0.718. The summed E-state index contributed by atoms with van der Waals surface area (Å²) in [6.45, 7) is 0.509. The van der Waals surface area contributed by atoms with Gasteiger partial charge in [0.15, 0.2) is 11.2 Å². The highest BCUT2D eigenvalue weighted by Gasteiger charge is 2.07.